The quantitative estimate of drug-likeness (QED) is 0.842. The number of halogens is 4. The Labute approximate surface area is 112 Å². The van der Waals surface area contributed by atoms with E-state index < -0.39 is 23.7 Å². The number of carboxylic acids is 1. The van der Waals surface area contributed by atoms with Crippen LogP contribution in [0.5, 0.6) is 0 Å². The lowest BCUT2D eigenvalue weighted by Gasteiger charge is -2.28. The summed E-state index contributed by atoms with van der Waals surface area (Å²) in [7, 11) is 0. The molecule has 1 amide bonds. The van der Waals surface area contributed by atoms with Gasteiger partial charge in [0.1, 0.15) is 5.82 Å². The average molecular weight is 342 g/mol. The molecule has 10 heteroatoms. The molecular formula is C9H7BrF3N3O3. The van der Waals surface area contributed by atoms with Gasteiger partial charge in [-0.05, 0) is 22.4 Å². The van der Waals surface area contributed by atoms with E-state index in [0.29, 0.717) is 4.90 Å². The molecule has 0 fully saturated rings. The normalized spacial score (nSPS) is 15.3. The lowest BCUT2D eigenvalue weighted by Crippen LogP contribution is -2.45. The number of aryl methyl sites for hydroxylation is 1. The Kier molecular flexibility index (Phi) is 3.29. The van der Waals surface area contributed by atoms with Crippen LogP contribution in [0.1, 0.15) is 16.9 Å². The van der Waals surface area contributed by atoms with Crippen LogP contribution in [0.25, 0.3) is 0 Å². The number of carboxylic acid groups (broad SMARTS) is 1. The molecule has 0 aliphatic carbocycles. The number of nitrogens with zero attached hydrogens (tertiary/aromatic N) is 3. The van der Waals surface area contributed by atoms with Gasteiger partial charge in [0.25, 0.3) is 0 Å². The van der Waals surface area contributed by atoms with Crippen molar-refractivity contribution < 1.29 is 27.9 Å². The van der Waals surface area contributed by atoms with Gasteiger partial charge in [-0.2, -0.15) is 18.3 Å². The Balaban J connectivity index is 2.50. The molecule has 0 saturated carbocycles. The summed E-state index contributed by atoms with van der Waals surface area (Å²) < 4.78 is 38.4. The number of fused-ring (bicyclic) bond motifs is 1. The molecule has 19 heavy (non-hydrogen) atoms. The molecule has 0 aromatic carbocycles. The summed E-state index contributed by atoms with van der Waals surface area (Å²) in [6.07, 6.45) is -4.75. The van der Waals surface area contributed by atoms with Crippen LogP contribution < -0.4 is 4.90 Å². The van der Waals surface area contributed by atoms with Crippen molar-refractivity contribution in [1.82, 2.24) is 9.78 Å². The Morgan fingerprint density at radius 1 is 1.32 bits per heavy atom. The van der Waals surface area contributed by atoms with Crippen LogP contribution in [0.15, 0.2) is 4.47 Å². The fraction of sp³-hybridized carbons (Fsp3) is 0.444. The second-order valence-corrected chi connectivity index (χ2v) is 4.62. The van der Waals surface area contributed by atoms with Crippen molar-refractivity contribution in [3.05, 3.63) is 10.2 Å². The molecular weight excluding hydrogens is 335 g/mol. The topological polar surface area (TPSA) is 75.4 Å². The number of hydrogen-bond acceptors (Lipinski definition) is 3. The summed E-state index contributed by atoms with van der Waals surface area (Å²) in [6, 6.07) is 0. The Morgan fingerprint density at radius 3 is 2.47 bits per heavy atom. The van der Waals surface area contributed by atoms with Gasteiger partial charge in [0.2, 0.25) is 0 Å². The lowest BCUT2D eigenvalue weighted by molar-refractivity contribution is -0.170. The van der Waals surface area contributed by atoms with Gasteiger partial charge < -0.3 is 5.11 Å². The standard InChI is InChI=1S/C9H7BrF3N3O3/c10-4-5(7(17)18)14-16-3-1-2-15(6(4)16)8(19)9(11,12)13/h1-3H2,(H,17,18). The zero-order chi connectivity index (χ0) is 14.4. The van der Waals surface area contributed by atoms with Gasteiger partial charge in [0.05, 0.1) is 4.47 Å². The highest BCUT2D eigenvalue weighted by atomic mass is 79.9. The van der Waals surface area contributed by atoms with E-state index in [1.807, 2.05) is 0 Å². The zero-order valence-corrected chi connectivity index (χ0v) is 10.8. The molecule has 104 valence electrons. The van der Waals surface area contributed by atoms with E-state index in [9.17, 15) is 22.8 Å². The number of amides is 1. The predicted octanol–water partition coefficient (Wildman–Crippen LogP) is 1.64. The minimum Gasteiger partial charge on any atom is -0.476 e. The number of hydrogen-bond donors (Lipinski definition) is 1. The first-order valence-electron chi connectivity index (χ1n) is 5.11. The van der Waals surface area contributed by atoms with Crippen LogP contribution in [0, 0.1) is 0 Å². The van der Waals surface area contributed by atoms with Crippen molar-refractivity contribution in [1.29, 1.82) is 0 Å². The Bertz CT molecular complexity index is 555. The highest BCUT2D eigenvalue weighted by Gasteiger charge is 2.45. The predicted molar refractivity (Wildman–Crippen MR) is 59.9 cm³/mol. The molecule has 2 rings (SSSR count). The fourth-order valence-corrected chi connectivity index (χ4v) is 2.48. The van der Waals surface area contributed by atoms with Gasteiger partial charge >= 0.3 is 18.1 Å². The highest BCUT2D eigenvalue weighted by molar-refractivity contribution is 9.10. The van der Waals surface area contributed by atoms with Gasteiger partial charge in [-0.15, -0.1) is 0 Å². The number of rotatable bonds is 1. The number of aromatic carboxylic acids is 1. The Morgan fingerprint density at radius 2 is 1.95 bits per heavy atom. The van der Waals surface area contributed by atoms with Crippen molar-refractivity contribution in [2.24, 2.45) is 0 Å². The first-order chi connectivity index (χ1) is 8.73. The van der Waals surface area contributed by atoms with Gasteiger partial charge in [-0.1, -0.05) is 0 Å². The number of anilines is 1. The molecule has 0 bridgehead atoms. The monoisotopic (exact) mass is 341 g/mol. The molecule has 0 saturated heterocycles. The highest BCUT2D eigenvalue weighted by Crippen LogP contribution is 2.35. The van der Waals surface area contributed by atoms with Crippen LogP contribution in [0.2, 0.25) is 0 Å². The molecule has 0 radical (unpaired) electrons. The summed E-state index contributed by atoms with van der Waals surface area (Å²) in [5, 5.41) is 12.5. The van der Waals surface area contributed by atoms with Gasteiger partial charge in [-0.3, -0.25) is 9.69 Å². The smallest absolute Gasteiger partial charge is 0.471 e. The van der Waals surface area contributed by atoms with Gasteiger partial charge in [0.15, 0.2) is 5.69 Å². The molecule has 2 heterocycles. The van der Waals surface area contributed by atoms with E-state index in [-0.39, 0.29) is 29.8 Å². The van der Waals surface area contributed by atoms with Crippen LogP contribution in [0.4, 0.5) is 19.0 Å². The minimum absolute atomic E-state index is 0.127. The number of alkyl halides is 3. The third-order valence-corrected chi connectivity index (χ3v) is 3.30. The van der Waals surface area contributed by atoms with Crippen LogP contribution in [-0.4, -0.2) is 39.5 Å². The van der Waals surface area contributed by atoms with Crippen molar-refractivity contribution in [3.63, 3.8) is 0 Å². The summed E-state index contributed by atoms with van der Waals surface area (Å²) >= 11 is 2.89. The van der Waals surface area contributed by atoms with Crippen molar-refractivity contribution in [3.8, 4) is 0 Å². The number of aromatic nitrogens is 2. The van der Waals surface area contributed by atoms with Crippen molar-refractivity contribution in [2.75, 3.05) is 11.4 Å². The average Bonchev–Trinajstić information content (AvgIpc) is 2.65. The summed E-state index contributed by atoms with van der Waals surface area (Å²) in [6.45, 7) is 0.116. The lowest BCUT2D eigenvalue weighted by atomic mass is 10.3. The van der Waals surface area contributed by atoms with Crippen molar-refractivity contribution >= 4 is 33.6 Å². The summed E-state index contributed by atoms with van der Waals surface area (Å²) in [5.74, 6) is -3.59. The summed E-state index contributed by atoms with van der Waals surface area (Å²) in [5.41, 5.74) is -0.420. The molecule has 0 spiro atoms. The van der Waals surface area contributed by atoms with E-state index in [4.69, 9.17) is 5.11 Å². The number of carbonyl (C=O) groups is 2. The van der Waals surface area contributed by atoms with E-state index in [2.05, 4.69) is 21.0 Å². The van der Waals surface area contributed by atoms with E-state index in [1.54, 1.807) is 0 Å². The molecule has 1 aromatic heterocycles. The molecule has 1 aliphatic rings. The van der Waals surface area contributed by atoms with Crippen molar-refractivity contribution in [2.45, 2.75) is 19.1 Å². The third kappa shape index (κ3) is 2.31. The SMILES string of the molecule is O=C(O)c1nn2c(c1Br)N(C(=O)C(F)(F)F)CCC2. The maximum atomic E-state index is 12.5. The molecule has 1 aromatic rings. The molecule has 1 N–H and O–H groups in total. The summed E-state index contributed by atoms with van der Waals surface area (Å²) in [4.78, 5) is 22.7. The first kappa shape index (κ1) is 13.8. The number of carbonyl (C=O) groups excluding carboxylic acids is 1. The van der Waals surface area contributed by atoms with E-state index >= 15 is 0 Å². The largest absolute Gasteiger partial charge is 0.476 e. The second kappa shape index (κ2) is 4.51. The van der Waals surface area contributed by atoms with Gasteiger partial charge in [-0.25, -0.2) is 9.48 Å². The van der Waals surface area contributed by atoms with E-state index in [1.165, 1.54) is 0 Å². The van der Waals surface area contributed by atoms with Crippen LogP contribution in [0.3, 0.4) is 0 Å². The zero-order valence-electron chi connectivity index (χ0n) is 9.24. The maximum absolute atomic E-state index is 12.5. The Hall–Kier alpha value is -1.58. The molecule has 6 nitrogen and oxygen atoms in total. The van der Waals surface area contributed by atoms with Gasteiger partial charge in [0, 0.05) is 13.1 Å². The molecule has 0 unspecified atom stereocenters. The fourth-order valence-electron chi connectivity index (χ4n) is 1.82. The van der Waals surface area contributed by atoms with Crippen LogP contribution in [-0.2, 0) is 11.3 Å². The van der Waals surface area contributed by atoms with Crippen LogP contribution >= 0.6 is 15.9 Å². The molecule has 0 atom stereocenters. The third-order valence-electron chi connectivity index (χ3n) is 2.57. The second-order valence-electron chi connectivity index (χ2n) is 3.82. The minimum atomic E-state index is -5.02. The maximum Gasteiger partial charge on any atom is 0.471 e. The first-order valence-corrected chi connectivity index (χ1v) is 5.91. The van der Waals surface area contributed by atoms with E-state index in [0.717, 1.165) is 4.68 Å². The molecule has 1 aliphatic heterocycles.